The molecular formula is C31H18N2O2. The SMILES string of the molecule is c1ccc2oc(-c3cccc4oc5c(-n6c7ccccc7c7ccccc76)cccc5c34)nc2c1. The third-order valence-electron chi connectivity index (χ3n) is 6.85. The molecule has 4 heteroatoms. The molecular weight excluding hydrogens is 432 g/mol. The Morgan fingerprint density at radius 1 is 0.543 bits per heavy atom. The van der Waals surface area contributed by atoms with Crippen LogP contribution in [0.25, 0.3) is 72.0 Å². The van der Waals surface area contributed by atoms with Crippen LogP contribution in [-0.2, 0) is 0 Å². The van der Waals surface area contributed by atoms with Gasteiger partial charge in [0.2, 0.25) is 5.89 Å². The largest absolute Gasteiger partial charge is 0.454 e. The van der Waals surface area contributed by atoms with E-state index in [2.05, 4.69) is 77.4 Å². The molecule has 0 fully saturated rings. The fraction of sp³-hybridized carbons (Fsp3) is 0. The zero-order chi connectivity index (χ0) is 22.9. The summed E-state index contributed by atoms with van der Waals surface area (Å²) in [6.07, 6.45) is 0. The molecule has 0 amide bonds. The molecule has 0 aliphatic rings. The number of aromatic nitrogens is 2. The van der Waals surface area contributed by atoms with Gasteiger partial charge in [-0.1, -0.05) is 66.7 Å². The summed E-state index contributed by atoms with van der Waals surface area (Å²) >= 11 is 0. The summed E-state index contributed by atoms with van der Waals surface area (Å²) in [6.45, 7) is 0. The number of hydrogen-bond donors (Lipinski definition) is 0. The smallest absolute Gasteiger partial charge is 0.228 e. The van der Waals surface area contributed by atoms with Crippen LogP contribution in [0.5, 0.6) is 0 Å². The van der Waals surface area contributed by atoms with Crippen molar-refractivity contribution in [1.29, 1.82) is 0 Å². The molecule has 0 saturated heterocycles. The molecule has 0 spiro atoms. The van der Waals surface area contributed by atoms with Gasteiger partial charge in [-0.2, -0.15) is 0 Å². The molecule has 8 rings (SSSR count). The first-order valence-corrected chi connectivity index (χ1v) is 11.7. The lowest BCUT2D eigenvalue weighted by atomic mass is 10.1. The second-order valence-electron chi connectivity index (χ2n) is 8.79. The van der Waals surface area contributed by atoms with E-state index in [4.69, 9.17) is 13.8 Å². The second kappa shape index (κ2) is 6.84. The van der Waals surface area contributed by atoms with Crippen LogP contribution in [0.2, 0.25) is 0 Å². The van der Waals surface area contributed by atoms with Crippen molar-refractivity contribution in [1.82, 2.24) is 9.55 Å². The zero-order valence-electron chi connectivity index (χ0n) is 18.6. The average Bonchev–Trinajstić information content (AvgIpc) is 3.60. The highest BCUT2D eigenvalue weighted by Gasteiger charge is 2.20. The molecule has 0 atom stereocenters. The minimum Gasteiger partial charge on any atom is -0.454 e. The maximum absolute atomic E-state index is 6.55. The third kappa shape index (κ3) is 2.53. The predicted molar refractivity (Wildman–Crippen MR) is 141 cm³/mol. The van der Waals surface area contributed by atoms with Crippen LogP contribution in [-0.4, -0.2) is 9.55 Å². The number of benzene rings is 5. The molecule has 0 saturated carbocycles. The molecule has 0 radical (unpaired) electrons. The maximum Gasteiger partial charge on any atom is 0.228 e. The Balaban J connectivity index is 1.47. The van der Waals surface area contributed by atoms with E-state index in [1.165, 1.54) is 10.8 Å². The van der Waals surface area contributed by atoms with Crippen molar-refractivity contribution in [2.75, 3.05) is 0 Å². The number of hydrogen-bond acceptors (Lipinski definition) is 3. The van der Waals surface area contributed by atoms with Crippen molar-refractivity contribution in [3.05, 3.63) is 109 Å². The Morgan fingerprint density at radius 2 is 1.20 bits per heavy atom. The topological polar surface area (TPSA) is 44.1 Å². The van der Waals surface area contributed by atoms with Gasteiger partial charge >= 0.3 is 0 Å². The normalized spacial score (nSPS) is 12.0. The molecule has 4 nitrogen and oxygen atoms in total. The minimum absolute atomic E-state index is 0.599. The van der Waals surface area contributed by atoms with Crippen molar-refractivity contribution in [2.24, 2.45) is 0 Å². The first kappa shape index (κ1) is 18.6. The highest BCUT2D eigenvalue weighted by Crippen LogP contribution is 2.41. The zero-order valence-corrected chi connectivity index (χ0v) is 18.6. The highest BCUT2D eigenvalue weighted by atomic mass is 16.3. The predicted octanol–water partition coefficient (Wildman–Crippen LogP) is 8.49. The summed E-state index contributed by atoms with van der Waals surface area (Å²) in [5.74, 6) is 0.599. The summed E-state index contributed by atoms with van der Waals surface area (Å²) in [4.78, 5) is 4.76. The Kier molecular flexibility index (Phi) is 3.63. The molecule has 35 heavy (non-hydrogen) atoms. The standard InChI is InChI=1S/C31H18N2O2/c1-4-14-24-19(9-1)20-10-2-5-15-25(20)33(24)26-16-7-11-21-29-22(12-8-18-28(29)34-30(21)26)31-32-23-13-3-6-17-27(23)35-31/h1-18H. The van der Waals surface area contributed by atoms with Gasteiger partial charge in [0.15, 0.2) is 11.2 Å². The molecule has 0 aliphatic carbocycles. The van der Waals surface area contributed by atoms with Gasteiger partial charge in [0.25, 0.3) is 0 Å². The van der Waals surface area contributed by atoms with Gasteiger partial charge < -0.3 is 13.4 Å². The molecule has 5 aromatic carbocycles. The lowest BCUT2D eigenvalue weighted by molar-refractivity contribution is 0.620. The van der Waals surface area contributed by atoms with E-state index >= 15 is 0 Å². The summed E-state index contributed by atoms with van der Waals surface area (Å²) < 4.78 is 15.0. The van der Waals surface area contributed by atoms with Gasteiger partial charge in [0.05, 0.1) is 16.7 Å². The first-order chi connectivity index (χ1) is 17.4. The van der Waals surface area contributed by atoms with Gasteiger partial charge in [-0.25, -0.2) is 4.98 Å². The van der Waals surface area contributed by atoms with Gasteiger partial charge in [-0.3, -0.25) is 0 Å². The summed E-state index contributed by atoms with van der Waals surface area (Å²) in [7, 11) is 0. The van der Waals surface area contributed by atoms with E-state index in [0.29, 0.717) is 5.89 Å². The maximum atomic E-state index is 6.55. The van der Waals surface area contributed by atoms with Crippen LogP contribution in [0.3, 0.4) is 0 Å². The molecule has 3 aromatic heterocycles. The van der Waals surface area contributed by atoms with E-state index in [1.54, 1.807) is 0 Å². The lowest BCUT2D eigenvalue weighted by Gasteiger charge is -2.08. The van der Waals surface area contributed by atoms with Crippen LogP contribution >= 0.6 is 0 Å². The van der Waals surface area contributed by atoms with Crippen LogP contribution in [0.15, 0.2) is 118 Å². The lowest BCUT2D eigenvalue weighted by Crippen LogP contribution is -1.94. The fourth-order valence-corrected chi connectivity index (χ4v) is 5.36. The number of furan rings is 1. The Hall–Kier alpha value is -4.83. The average molecular weight is 450 g/mol. The van der Waals surface area contributed by atoms with E-state index < -0.39 is 0 Å². The molecule has 3 heterocycles. The van der Waals surface area contributed by atoms with Gasteiger partial charge in [-0.05, 0) is 42.5 Å². The number of nitrogens with zero attached hydrogens (tertiary/aromatic N) is 2. The summed E-state index contributed by atoms with van der Waals surface area (Å²) in [5.41, 5.74) is 7.53. The summed E-state index contributed by atoms with van der Waals surface area (Å²) in [5, 5.41) is 4.50. The Morgan fingerprint density at radius 3 is 2.00 bits per heavy atom. The minimum atomic E-state index is 0.599. The fourth-order valence-electron chi connectivity index (χ4n) is 5.36. The quantitative estimate of drug-likeness (QED) is 0.265. The molecule has 0 N–H and O–H groups in total. The highest BCUT2D eigenvalue weighted by molar-refractivity contribution is 6.15. The second-order valence-corrected chi connectivity index (χ2v) is 8.79. The van der Waals surface area contributed by atoms with Crippen LogP contribution in [0, 0.1) is 0 Å². The molecule has 0 bridgehead atoms. The van der Waals surface area contributed by atoms with Crippen LogP contribution in [0.1, 0.15) is 0 Å². The van der Waals surface area contributed by atoms with E-state index in [-0.39, 0.29) is 0 Å². The Labute approximate surface area is 199 Å². The monoisotopic (exact) mass is 450 g/mol. The molecule has 8 aromatic rings. The van der Waals surface area contributed by atoms with Crippen molar-refractivity contribution < 1.29 is 8.83 Å². The first-order valence-electron chi connectivity index (χ1n) is 11.7. The van der Waals surface area contributed by atoms with Crippen LogP contribution in [0.4, 0.5) is 0 Å². The number of oxazole rings is 1. The van der Waals surface area contributed by atoms with Crippen LogP contribution < -0.4 is 0 Å². The van der Waals surface area contributed by atoms with E-state index in [0.717, 1.165) is 55.3 Å². The third-order valence-corrected chi connectivity index (χ3v) is 6.85. The Bertz CT molecular complexity index is 1990. The van der Waals surface area contributed by atoms with Crippen molar-refractivity contribution in [2.45, 2.75) is 0 Å². The van der Waals surface area contributed by atoms with E-state index in [9.17, 15) is 0 Å². The van der Waals surface area contributed by atoms with Gasteiger partial charge in [0.1, 0.15) is 11.1 Å². The van der Waals surface area contributed by atoms with Gasteiger partial charge in [0, 0.05) is 27.1 Å². The molecule has 0 aliphatic heterocycles. The summed E-state index contributed by atoms with van der Waals surface area (Å²) in [6, 6.07) is 37.3. The number of para-hydroxylation sites is 5. The van der Waals surface area contributed by atoms with Crippen molar-refractivity contribution >= 4 is 54.8 Å². The van der Waals surface area contributed by atoms with E-state index in [1.807, 2.05) is 36.4 Å². The van der Waals surface area contributed by atoms with Gasteiger partial charge in [-0.15, -0.1) is 0 Å². The number of rotatable bonds is 2. The number of fused-ring (bicyclic) bond motifs is 7. The molecule has 0 unspecified atom stereocenters. The molecule has 164 valence electrons. The van der Waals surface area contributed by atoms with Crippen molar-refractivity contribution in [3.63, 3.8) is 0 Å². The van der Waals surface area contributed by atoms with Crippen molar-refractivity contribution in [3.8, 4) is 17.1 Å².